The number of hydrogen-bond acceptors (Lipinski definition) is 4. The molecule has 7 heteroatoms. The van der Waals surface area contributed by atoms with Crippen molar-refractivity contribution in [2.24, 2.45) is 5.92 Å². The lowest BCUT2D eigenvalue weighted by atomic mass is 10.1. The van der Waals surface area contributed by atoms with Crippen LogP contribution in [0.2, 0.25) is 0 Å². The molecule has 0 aromatic heterocycles. The topological polar surface area (TPSA) is 84.5 Å². The van der Waals surface area contributed by atoms with E-state index in [0.717, 1.165) is 18.6 Å². The van der Waals surface area contributed by atoms with E-state index < -0.39 is 10.0 Å². The number of carbonyl (C=O) groups is 1. The third kappa shape index (κ3) is 3.66. The number of carbonyl (C=O) groups excluding carboxylic acids is 1. The summed E-state index contributed by atoms with van der Waals surface area (Å²) in [5.74, 6) is 0.0681. The van der Waals surface area contributed by atoms with Crippen molar-refractivity contribution in [3.63, 3.8) is 0 Å². The molecule has 0 spiro atoms. The van der Waals surface area contributed by atoms with Gasteiger partial charge in [0.1, 0.15) is 0 Å². The zero-order valence-corrected chi connectivity index (χ0v) is 13.9. The highest BCUT2D eigenvalue weighted by Crippen LogP contribution is 2.21. The first-order chi connectivity index (χ1) is 10.3. The van der Waals surface area contributed by atoms with Crippen LogP contribution in [-0.4, -0.2) is 41.1 Å². The standard InChI is InChI=1S/C15H22N2O4S/c1-10-6-13(7-14(11(10)2)22(19,20)16-3)15(18)17-8-12-4-5-21-9-12/h6-7,12,16H,4-5,8-9H2,1-3H3,(H,17,18). The SMILES string of the molecule is CNS(=O)(=O)c1cc(C(=O)NCC2CCOC2)cc(C)c1C. The molecule has 1 amide bonds. The lowest BCUT2D eigenvalue weighted by Gasteiger charge is -2.13. The number of sulfonamides is 1. The Labute approximate surface area is 131 Å². The van der Waals surface area contributed by atoms with E-state index in [-0.39, 0.29) is 10.8 Å². The number of ether oxygens (including phenoxy) is 1. The molecule has 1 saturated heterocycles. The van der Waals surface area contributed by atoms with Gasteiger partial charge in [-0.1, -0.05) is 0 Å². The molecular weight excluding hydrogens is 304 g/mol. The molecule has 122 valence electrons. The van der Waals surface area contributed by atoms with Crippen LogP contribution in [0.3, 0.4) is 0 Å². The Morgan fingerprint density at radius 3 is 2.68 bits per heavy atom. The summed E-state index contributed by atoms with van der Waals surface area (Å²) in [6.07, 6.45) is 0.937. The first-order valence-electron chi connectivity index (χ1n) is 7.26. The van der Waals surface area contributed by atoms with E-state index in [1.807, 2.05) is 0 Å². The molecule has 1 fully saturated rings. The highest BCUT2D eigenvalue weighted by molar-refractivity contribution is 7.89. The van der Waals surface area contributed by atoms with Crippen LogP contribution in [0, 0.1) is 19.8 Å². The van der Waals surface area contributed by atoms with Crippen molar-refractivity contribution in [2.75, 3.05) is 26.8 Å². The Balaban J connectivity index is 2.21. The minimum Gasteiger partial charge on any atom is -0.381 e. The van der Waals surface area contributed by atoms with E-state index in [1.165, 1.54) is 13.1 Å². The Morgan fingerprint density at radius 2 is 2.09 bits per heavy atom. The van der Waals surface area contributed by atoms with Crippen LogP contribution < -0.4 is 10.0 Å². The zero-order valence-electron chi connectivity index (χ0n) is 13.1. The maximum absolute atomic E-state index is 12.3. The maximum atomic E-state index is 12.3. The van der Waals surface area contributed by atoms with Gasteiger partial charge < -0.3 is 10.1 Å². The first-order valence-corrected chi connectivity index (χ1v) is 8.74. The number of amides is 1. The molecule has 22 heavy (non-hydrogen) atoms. The normalized spacial score (nSPS) is 18.4. The van der Waals surface area contributed by atoms with E-state index in [2.05, 4.69) is 10.0 Å². The molecule has 0 radical (unpaired) electrons. The molecule has 1 aliphatic heterocycles. The summed E-state index contributed by atoms with van der Waals surface area (Å²) in [5.41, 5.74) is 1.77. The van der Waals surface area contributed by atoms with Gasteiger partial charge in [0.15, 0.2) is 0 Å². The number of hydrogen-bond donors (Lipinski definition) is 2. The van der Waals surface area contributed by atoms with E-state index >= 15 is 0 Å². The third-order valence-corrected chi connectivity index (χ3v) is 5.56. The molecule has 2 rings (SSSR count). The van der Waals surface area contributed by atoms with Gasteiger partial charge in [-0.05, 0) is 50.6 Å². The minimum atomic E-state index is -3.59. The fourth-order valence-corrected chi connectivity index (χ4v) is 3.50. The quantitative estimate of drug-likeness (QED) is 0.845. The molecule has 1 aromatic carbocycles. The Bertz CT molecular complexity index is 664. The Morgan fingerprint density at radius 1 is 1.36 bits per heavy atom. The van der Waals surface area contributed by atoms with Crippen LogP contribution in [0.1, 0.15) is 27.9 Å². The first kappa shape index (κ1) is 16.9. The molecule has 0 bridgehead atoms. The van der Waals surface area contributed by atoms with Crippen LogP contribution in [0.25, 0.3) is 0 Å². The lowest BCUT2D eigenvalue weighted by molar-refractivity contribution is 0.0944. The van der Waals surface area contributed by atoms with E-state index in [1.54, 1.807) is 19.9 Å². The van der Waals surface area contributed by atoms with Crippen LogP contribution >= 0.6 is 0 Å². The van der Waals surface area contributed by atoms with Crippen molar-refractivity contribution in [1.29, 1.82) is 0 Å². The average molecular weight is 326 g/mol. The van der Waals surface area contributed by atoms with Gasteiger partial charge in [0.05, 0.1) is 11.5 Å². The van der Waals surface area contributed by atoms with E-state index in [0.29, 0.717) is 30.2 Å². The summed E-state index contributed by atoms with van der Waals surface area (Å²) < 4.78 is 31.7. The van der Waals surface area contributed by atoms with E-state index in [9.17, 15) is 13.2 Å². The smallest absolute Gasteiger partial charge is 0.251 e. The number of aryl methyl sites for hydroxylation is 1. The van der Waals surface area contributed by atoms with Gasteiger partial charge in [0.25, 0.3) is 5.91 Å². The van der Waals surface area contributed by atoms with Crippen LogP contribution in [0.4, 0.5) is 0 Å². The molecule has 1 atom stereocenters. The predicted octanol–water partition coefficient (Wildman–Crippen LogP) is 0.978. The minimum absolute atomic E-state index is 0.143. The van der Waals surface area contributed by atoms with Crippen LogP contribution in [0.15, 0.2) is 17.0 Å². The highest BCUT2D eigenvalue weighted by Gasteiger charge is 2.21. The zero-order chi connectivity index (χ0) is 16.3. The fraction of sp³-hybridized carbons (Fsp3) is 0.533. The number of rotatable bonds is 5. The largest absolute Gasteiger partial charge is 0.381 e. The van der Waals surface area contributed by atoms with Gasteiger partial charge in [0, 0.05) is 24.6 Å². The van der Waals surface area contributed by atoms with Crippen LogP contribution in [0.5, 0.6) is 0 Å². The summed E-state index contributed by atoms with van der Waals surface area (Å²) in [6, 6.07) is 3.14. The Kier molecular flexibility index (Phi) is 5.20. The second-order valence-corrected chi connectivity index (χ2v) is 7.42. The van der Waals surface area contributed by atoms with Gasteiger partial charge in [-0.3, -0.25) is 4.79 Å². The van der Waals surface area contributed by atoms with Gasteiger partial charge in [0.2, 0.25) is 10.0 Å². The molecular formula is C15H22N2O4S. The summed E-state index contributed by atoms with van der Waals surface area (Å²) in [5, 5.41) is 2.85. The molecule has 2 N–H and O–H groups in total. The molecule has 0 aliphatic carbocycles. The van der Waals surface area contributed by atoms with Gasteiger partial charge in [-0.15, -0.1) is 0 Å². The number of nitrogens with one attached hydrogen (secondary N) is 2. The predicted molar refractivity (Wildman–Crippen MR) is 83.4 cm³/mol. The molecule has 1 aromatic rings. The summed E-state index contributed by atoms with van der Waals surface area (Å²) in [7, 11) is -2.23. The summed E-state index contributed by atoms with van der Waals surface area (Å²) >= 11 is 0. The summed E-state index contributed by atoms with van der Waals surface area (Å²) in [4.78, 5) is 12.4. The van der Waals surface area contributed by atoms with Crippen molar-refractivity contribution >= 4 is 15.9 Å². The monoisotopic (exact) mass is 326 g/mol. The molecule has 1 heterocycles. The van der Waals surface area contributed by atoms with Crippen molar-refractivity contribution in [1.82, 2.24) is 10.0 Å². The van der Waals surface area contributed by atoms with Gasteiger partial charge in [-0.2, -0.15) is 0 Å². The highest BCUT2D eigenvalue weighted by atomic mass is 32.2. The molecule has 0 saturated carbocycles. The summed E-state index contributed by atoms with van der Waals surface area (Å²) in [6.45, 7) is 5.46. The lowest BCUT2D eigenvalue weighted by Crippen LogP contribution is -2.30. The Hall–Kier alpha value is -1.44. The van der Waals surface area contributed by atoms with Crippen molar-refractivity contribution < 1.29 is 17.9 Å². The van der Waals surface area contributed by atoms with Crippen molar-refractivity contribution in [3.05, 3.63) is 28.8 Å². The van der Waals surface area contributed by atoms with Crippen LogP contribution in [-0.2, 0) is 14.8 Å². The number of benzene rings is 1. The maximum Gasteiger partial charge on any atom is 0.251 e. The molecule has 1 aliphatic rings. The van der Waals surface area contributed by atoms with Gasteiger partial charge in [-0.25, -0.2) is 13.1 Å². The fourth-order valence-electron chi connectivity index (χ4n) is 2.43. The van der Waals surface area contributed by atoms with Gasteiger partial charge >= 0.3 is 0 Å². The second kappa shape index (κ2) is 6.76. The molecule has 1 unspecified atom stereocenters. The third-order valence-electron chi connectivity index (χ3n) is 4.02. The van der Waals surface area contributed by atoms with Crippen molar-refractivity contribution in [2.45, 2.75) is 25.2 Å². The van der Waals surface area contributed by atoms with Crippen molar-refractivity contribution in [3.8, 4) is 0 Å². The van der Waals surface area contributed by atoms with E-state index in [4.69, 9.17) is 4.74 Å². The average Bonchev–Trinajstić information content (AvgIpc) is 3.00. The molecule has 6 nitrogen and oxygen atoms in total. The second-order valence-electron chi connectivity index (χ2n) is 5.56.